The minimum absolute atomic E-state index is 0.117. The molecule has 0 atom stereocenters. The summed E-state index contributed by atoms with van der Waals surface area (Å²) < 4.78 is 19.2. The van der Waals surface area contributed by atoms with E-state index in [4.69, 9.17) is 4.74 Å². The fourth-order valence-corrected chi connectivity index (χ4v) is 2.51. The van der Waals surface area contributed by atoms with Gasteiger partial charge in [0, 0.05) is 44.0 Å². The smallest absolute Gasteiger partial charge is 0.129 e. The molecule has 112 valence electrons. The maximum atomic E-state index is 14.1. The van der Waals surface area contributed by atoms with Crippen molar-refractivity contribution in [3.8, 4) is 0 Å². The second-order valence-corrected chi connectivity index (χ2v) is 5.33. The lowest BCUT2D eigenvalue weighted by Crippen LogP contribution is -2.29. The quantitative estimate of drug-likeness (QED) is 0.704. The van der Waals surface area contributed by atoms with Crippen LogP contribution in [-0.4, -0.2) is 32.8 Å². The van der Waals surface area contributed by atoms with Crippen molar-refractivity contribution in [3.05, 3.63) is 29.6 Å². The van der Waals surface area contributed by atoms with Crippen LogP contribution in [0.5, 0.6) is 0 Å². The van der Waals surface area contributed by atoms with E-state index in [-0.39, 0.29) is 5.82 Å². The number of halogens is 1. The lowest BCUT2D eigenvalue weighted by Gasteiger charge is -2.27. The van der Waals surface area contributed by atoms with E-state index in [1.807, 2.05) is 12.1 Å². The molecular formula is C16H25FN2O. The Balaban J connectivity index is 2.11. The van der Waals surface area contributed by atoms with Crippen LogP contribution in [-0.2, 0) is 11.3 Å². The first kappa shape index (κ1) is 15.3. The molecular weight excluding hydrogens is 255 g/mol. The average Bonchev–Trinajstić information content (AvgIpc) is 3.27. The number of rotatable bonds is 9. The minimum atomic E-state index is -0.117. The van der Waals surface area contributed by atoms with Crippen molar-refractivity contribution in [3.63, 3.8) is 0 Å². The number of hydrogen-bond acceptors (Lipinski definition) is 3. The highest BCUT2D eigenvalue weighted by Gasteiger charge is 2.30. The Morgan fingerprint density at radius 1 is 1.40 bits per heavy atom. The molecule has 1 aliphatic carbocycles. The van der Waals surface area contributed by atoms with E-state index < -0.39 is 0 Å². The summed E-state index contributed by atoms with van der Waals surface area (Å²) in [4.78, 5) is 2.37. The number of nitrogens with zero attached hydrogens (tertiary/aromatic N) is 1. The third-order valence-corrected chi connectivity index (χ3v) is 3.64. The monoisotopic (exact) mass is 280 g/mol. The van der Waals surface area contributed by atoms with Gasteiger partial charge in [-0.25, -0.2) is 4.39 Å². The van der Waals surface area contributed by atoms with E-state index in [1.54, 1.807) is 13.2 Å². The van der Waals surface area contributed by atoms with Crippen molar-refractivity contribution < 1.29 is 9.13 Å². The van der Waals surface area contributed by atoms with Gasteiger partial charge in [0.05, 0.1) is 6.61 Å². The zero-order valence-electron chi connectivity index (χ0n) is 12.5. The van der Waals surface area contributed by atoms with Crippen molar-refractivity contribution in [2.24, 2.45) is 0 Å². The predicted octanol–water partition coefficient (Wildman–Crippen LogP) is 2.94. The molecule has 3 nitrogen and oxygen atoms in total. The molecule has 1 aromatic rings. The maximum Gasteiger partial charge on any atom is 0.129 e. The van der Waals surface area contributed by atoms with E-state index in [0.29, 0.717) is 19.2 Å². The number of benzene rings is 1. The third kappa shape index (κ3) is 3.93. The molecule has 0 aliphatic heterocycles. The summed E-state index contributed by atoms with van der Waals surface area (Å²) in [6, 6.07) is 6.02. The highest BCUT2D eigenvalue weighted by Crippen LogP contribution is 2.34. The van der Waals surface area contributed by atoms with E-state index in [2.05, 4.69) is 17.1 Å². The van der Waals surface area contributed by atoms with Crippen LogP contribution in [0.4, 0.5) is 10.1 Å². The van der Waals surface area contributed by atoms with Crippen LogP contribution < -0.4 is 10.2 Å². The van der Waals surface area contributed by atoms with Crippen molar-refractivity contribution >= 4 is 5.69 Å². The molecule has 1 fully saturated rings. The predicted molar refractivity (Wildman–Crippen MR) is 80.6 cm³/mol. The number of nitrogens with one attached hydrogen (secondary N) is 1. The summed E-state index contributed by atoms with van der Waals surface area (Å²) in [5.74, 6) is -0.117. The van der Waals surface area contributed by atoms with E-state index in [1.165, 1.54) is 12.8 Å². The summed E-state index contributed by atoms with van der Waals surface area (Å²) >= 11 is 0. The van der Waals surface area contributed by atoms with Crippen molar-refractivity contribution in [1.82, 2.24) is 5.32 Å². The second-order valence-electron chi connectivity index (χ2n) is 5.33. The molecule has 1 aliphatic rings. The van der Waals surface area contributed by atoms with Crippen molar-refractivity contribution in [2.75, 3.05) is 31.7 Å². The molecule has 0 saturated heterocycles. The van der Waals surface area contributed by atoms with Gasteiger partial charge in [0.2, 0.25) is 0 Å². The Kier molecular flexibility index (Phi) is 5.80. The van der Waals surface area contributed by atoms with Gasteiger partial charge in [-0.1, -0.05) is 13.0 Å². The van der Waals surface area contributed by atoms with Gasteiger partial charge in [0.1, 0.15) is 5.82 Å². The van der Waals surface area contributed by atoms with Crippen LogP contribution in [0.3, 0.4) is 0 Å². The molecule has 0 bridgehead atoms. The van der Waals surface area contributed by atoms with Gasteiger partial charge >= 0.3 is 0 Å². The summed E-state index contributed by atoms with van der Waals surface area (Å²) in [7, 11) is 1.67. The zero-order chi connectivity index (χ0) is 14.4. The summed E-state index contributed by atoms with van der Waals surface area (Å²) in [5, 5.41) is 3.25. The number of anilines is 1. The summed E-state index contributed by atoms with van der Waals surface area (Å²) in [6.07, 6.45) is 3.55. The lowest BCUT2D eigenvalue weighted by molar-refractivity contribution is 0.199. The van der Waals surface area contributed by atoms with Crippen LogP contribution in [0.15, 0.2) is 18.2 Å². The topological polar surface area (TPSA) is 24.5 Å². The van der Waals surface area contributed by atoms with E-state index >= 15 is 0 Å². The van der Waals surface area contributed by atoms with Crippen LogP contribution in [0, 0.1) is 5.82 Å². The van der Waals surface area contributed by atoms with Crippen LogP contribution in [0.1, 0.15) is 31.7 Å². The molecule has 1 saturated carbocycles. The van der Waals surface area contributed by atoms with Crippen molar-refractivity contribution in [2.45, 2.75) is 38.8 Å². The zero-order valence-corrected chi connectivity index (χ0v) is 12.5. The SMILES string of the molecule is CCCN(c1cccc(F)c1CNCCOC)C1CC1. The standard InChI is InChI=1S/C16H25FN2O/c1-3-10-19(13-7-8-13)16-6-4-5-15(17)14(16)12-18-9-11-20-2/h4-6,13,18H,3,7-12H2,1-2H3. The third-order valence-electron chi connectivity index (χ3n) is 3.64. The van der Waals surface area contributed by atoms with Gasteiger partial charge in [-0.2, -0.15) is 0 Å². The highest BCUT2D eigenvalue weighted by molar-refractivity contribution is 5.56. The maximum absolute atomic E-state index is 14.1. The molecule has 2 rings (SSSR count). The van der Waals surface area contributed by atoms with E-state index in [0.717, 1.165) is 30.8 Å². The minimum Gasteiger partial charge on any atom is -0.383 e. The second kappa shape index (κ2) is 7.60. The molecule has 0 spiro atoms. The number of methoxy groups -OCH3 is 1. The Morgan fingerprint density at radius 2 is 2.20 bits per heavy atom. The highest BCUT2D eigenvalue weighted by atomic mass is 19.1. The number of ether oxygens (including phenoxy) is 1. The van der Waals surface area contributed by atoms with Crippen LogP contribution in [0.25, 0.3) is 0 Å². The first-order chi connectivity index (χ1) is 9.77. The average molecular weight is 280 g/mol. The molecule has 0 unspecified atom stereocenters. The van der Waals surface area contributed by atoms with Crippen LogP contribution in [0.2, 0.25) is 0 Å². The number of hydrogen-bond donors (Lipinski definition) is 1. The Morgan fingerprint density at radius 3 is 2.85 bits per heavy atom. The van der Waals surface area contributed by atoms with Gasteiger partial charge in [-0.15, -0.1) is 0 Å². The summed E-state index contributed by atoms with van der Waals surface area (Å²) in [6.45, 7) is 5.11. The van der Waals surface area contributed by atoms with Gasteiger partial charge < -0.3 is 15.0 Å². The van der Waals surface area contributed by atoms with Gasteiger partial charge in [-0.3, -0.25) is 0 Å². The molecule has 0 amide bonds. The fourth-order valence-electron chi connectivity index (χ4n) is 2.51. The summed E-state index contributed by atoms with van der Waals surface area (Å²) in [5.41, 5.74) is 1.84. The Bertz CT molecular complexity index is 421. The molecule has 0 radical (unpaired) electrons. The van der Waals surface area contributed by atoms with Gasteiger partial charge in [-0.05, 0) is 31.4 Å². The molecule has 0 heterocycles. The molecule has 20 heavy (non-hydrogen) atoms. The molecule has 4 heteroatoms. The Labute approximate surface area is 121 Å². The van der Waals surface area contributed by atoms with E-state index in [9.17, 15) is 4.39 Å². The normalized spacial score (nSPS) is 14.6. The van der Waals surface area contributed by atoms with Gasteiger partial charge in [0.25, 0.3) is 0 Å². The van der Waals surface area contributed by atoms with Crippen molar-refractivity contribution in [1.29, 1.82) is 0 Å². The fraction of sp³-hybridized carbons (Fsp3) is 0.625. The van der Waals surface area contributed by atoms with Crippen LogP contribution >= 0.6 is 0 Å². The lowest BCUT2D eigenvalue weighted by atomic mass is 10.1. The Hall–Kier alpha value is -1.13. The van der Waals surface area contributed by atoms with Gasteiger partial charge in [0.15, 0.2) is 0 Å². The molecule has 1 N–H and O–H groups in total. The largest absolute Gasteiger partial charge is 0.383 e. The molecule has 1 aromatic carbocycles. The first-order valence-corrected chi connectivity index (χ1v) is 7.51. The molecule has 0 aromatic heterocycles. The first-order valence-electron chi connectivity index (χ1n) is 7.51.